The first-order valence-electron chi connectivity index (χ1n) is 16.1. The summed E-state index contributed by atoms with van der Waals surface area (Å²) in [4.78, 5) is 29.1. The molecule has 5 nitrogen and oxygen atoms in total. The summed E-state index contributed by atoms with van der Waals surface area (Å²) in [7, 11) is 0. The van der Waals surface area contributed by atoms with E-state index in [2.05, 4.69) is 29.6 Å². The Balaban J connectivity index is 1.35. The summed E-state index contributed by atoms with van der Waals surface area (Å²) in [6, 6.07) is 38.6. The second kappa shape index (κ2) is 15.4. The molecule has 5 aromatic carbocycles. The van der Waals surface area contributed by atoms with Crippen LogP contribution in [0.5, 0.6) is 0 Å². The number of rotatable bonds is 12. The Morgan fingerprint density at radius 2 is 1.35 bits per heavy atom. The minimum atomic E-state index is -0.779. The van der Waals surface area contributed by atoms with Gasteiger partial charge in [-0.25, -0.2) is 18.5 Å². The molecule has 0 radical (unpaired) electrons. The predicted molar refractivity (Wildman–Crippen MR) is 184 cm³/mol. The molecule has 0 bridgehead atoms. The van der Waals surface area contributed by atoms with Crippen LogP contribution in [0.2, 0.25) is 0 Å². The third-order valence-electron chi connectivity index (χ3n) is 8.64. The van der Waals surface area contributed by atoms with E-state index >= 15 is 0 Å². The van der Waals surface area contributed by atoms with Crippen LogP contribution >= 0.6 is 0 Å². The fraction of sp³-hybridized carbons (Fsp3) is 0.171. The monoisotopic (exact) mass is 642 g/mol. The normalized spacial score (nSPS) is 15.7. The molecule has 7 heteroatoms. The summed E-state index contributed by atoms with van der Waals surface area (Å²) >= 11 is 0. The first-order valence-corrected chi connectivity index (χ1v) is 16.1. The van der Waals surface area contributed by atoms with E-state index in [0.29, 0.717) is 5.69 Å². The SMILES string of the molecule is O=C1OC[C@H](c2ccccc2)N1C(=O)[C@H](C/C=C\c1ccc(F)cc1)[C@H](Nc1ccc(F)cc1)c1ccc(CCc2ccccc2)cc1. The number of carbonyl (C=O) groups is 2. The van der Waals surface area contributed by atoms with Crippen molar-refractivity contribution in [3.8, 4) is 0 Å². The number of carbonyl (C=O) groups excluding carboxylic acids is 2. The number of halogens is 2. The predicted octanol–water partition coefficient (Wildman–Crippen LogP) is 9.34. The third-order valence-corrected chi connectivity index (χ3v) is 8.64. The van der Waals surface area contributed by atoms with Gasteiger partial charge >= 0.3 is 6.09 Å². The van der Waals surface area contributed by atoms with Crippen LogP contribution in [0.3, 0.4) is 0 Å². The smallest absolute Gasteiger partial charge is 0.417 e. The minimum Gasteiger partial charge on any atom is -0.446 e. The Morgan fingerprint density at radius 1 is 0.771 bits per heavy atom. The second-order valence-electron chi connectivity index (χ2n) is 11.9. The lowest BCUT2D eigenvalue weighted by atomic mass is 9.87. The Kier molecular flexibility index (Phi) is 10.4. The number of allylic oxidation sites excluding steroid dienone is 1. The van der Waals surface area contributed by atoms with Crippen molar-refractivity contribution < 1.29 is 23.1 Å². The van der Waals surface area contributed by atoms with E-state index in [1.54, 1.807) is 24.3 Å². The highest BCUT2D eigenvalue weighted by Crippen LogP contribution is 2.36. The van der Waals surface area contributed by atoms with Gasteiger partial charge in [-0.15, -0.1) is 0 Å². The molecular formula is C41H36F2N2O3. The van der Waals surface area contributed by atoms with E-state index in [1.807, 2.05) is 72.8 Å². The number of benzene rings is 5. The van der Waals surface area contributed by atoms with Crippen molar-refractivity contribution in [1.29, 1.82) is 0 Å². The van der Waals surface area contributed by atoms with Crippen LogP contribution in [-0.2, 0) is 22.4 Å². The highest BCUT2D eigenvalue weighted by atomic mass is 19.1. The number of nitrogens with one attached hydrogen (secondary N) is 1. The van der Waals surface area contributed by atoms with Crippen LogP contribution in [0.25, 0.3) is 6.08 Å². The quantitative estimate of drug-likeness (QED) is 0.147. The van der Waals surface area contributed by atoms with Gasteiger partial charge < -0.3 is 10.1 Å². The zero-order valence-corrected chi connectivity index (χ0v) is 26.3. The number of imide groups is 1. The standard InChI is InChI=1S/C41H36F2N2O3/c42-34-22-18-30(19-23-34)10-7-13-37(40(46)45-38(28-48-41(45)47)32-11-5-2-6-12-32)39(44-36-26-24-35(43)25-27-36)33-20-16-31(17-21-33)15-14-29-8-3-1-4-9-29/h1-12,16-27,37-39,44H,13-15,28H2/b10-7-/t37-,38-,39-/m1/s1. The van der Waals surface area contributed by atoms with Crippen LogP contribution < -0.4 is 5.32 Å². The average Bonchev–Trinajstić information content (AvgIpc) is 3.52. The van der Waals surface area contributed by atoms with E-state index in [4.69, 9.17) is 4.74 Å². The molecular weight excluding hydrogens is 606 g/mol. The number of hydrogen-bond acceptors (Lipinski definition) is 4. The number of hydrogen-bond donors (Lipinski definition) is 1. The lowest BCUT2D eigenvalue weighted by molar-refractivity contribution is -0.134. The van der Waals surface area contributed by atoms with Gasteiger partial charge in [0.15, 0.2) is 0 Å². The first-order chi connectivity index (χ1) is 23.4. The Morgan fingerprint density at radius 3 is 2.00 bits per heavy atom. The maximum atomic E-state index is 14.7. The Hall–Kier alpha value is -5.56. The number of aryl methyl sites for hydroxylation is 2. The molecule has 0 unspecified atom stereocenters. The molecule has 1 N–H and O–H groups in total. The van der Waals surface area contributed by atoms with Gasteiger partial charge in [0.25, 0.3) is 0 Å². The van der Waals surface area contributed by atoms with Crippen LogP contribution in [0, 0.1) is 17.6 Å². The summed E-state index contributed by atoms with van der Waals surface area (Å²) in [5.74, 6) is -1.89. The molecule has 1 aliphatic rings. The van der Waals surface area contributed by atoms with E-state index in [-0.39, 0.29) is 24.7 Å². The maximum absolute atomic E-state index is 14.7. The van der Waals surface area contributed by atoms with Crippen molar-refractivity contribution in [3.05, 3.63) is 179 Å². The van der Waals surface area contributed by atoms with Crippen LogP contribution in [0.15, 0.2) is 140 Å². The van der Waals surface area contributed by atoms with E-state index in [1.165, 1.54) is 34.7 Å². The van der Waals surface area contributed by atoms with Crippen LogP contribution in [-0.4, -0.2) is 23.5 Å². The minimum absolute atomic E-state index is 0.0545. The number of cyclic esters (lactones) is 1. The molecule has 0 saturated carbocycles. The van der Waals surface area contributed by atoms with Gasteiger partial charge in [0.1, 0.15) is 24.3 Å². The van der Waals surface area contributed by atoms with Gasteiger partial charge in [-0.1, -0.05) is 109 Å². The summed E-state index contributed by atoms with van der Waals surface area (Å²) in [5, 5.41) is 3.48. The molecule has 0 aromatic heterocycles. The number of ether oxygens (including phenoxy) is 1. The van der Waals surface area contributed by atoms with Gasteiger partial charge in [-0.2, -0.15) is 0 Å². The van der Waals surface area contributed by atoms with E-state index in [0.717, 1.165) is 35.1 Å². The topological polar surface area (TPSA) is 58.6 Å². The molecule has 1 fully saturated rings. The van der Waals surface area contributed by atoms with E-state index in [9.17, 15) is 18.4 Å². The number of amides is 2. The maximum Gasteiger partial charge on any atom is 0.417 e. The molecule has 242 valence electrons. The second-order valence-corrected chi connectivity index (χ2v) is 11.9. The van der Waals surface area contributed by atoms with Gasteiger partial charge in [0.05, 0.1) is 12.0 Å². The molecule has 0 spiro atoms. The van der Waals surface area contributed by atoms with Crippen molar-refractivity contribution in [2.24, 2.45) is 5.92 Å². The molecule has 1 heterocycles. The number of nitrogens with zero attached hydrogens (tertiary/aromatic N) is 1. The Labute approximate surface area is 279 Å². The van der Waals surface area contributed by atoms with Crippen molar-refractivity contribution >= 4 is 23.8 Å². The zero-order chi connectivity index (χ0) is 33.3. The van der Waals surface area contributed by atoms with Gasteiger partial charge in [0, 0.05) is 5.69 Å². The number of anilines is 1. The average molecular weight is 643 g/mol. The van der Waals surface area contributed by atoms with Gasteiger partial charge in [-0.3, -0.25) is 4.79 Å². The van der Waals surface area contributed by atoms with Crippen molar-refractivity contribution in [3.63, 3.8) is 0 Å². The molecule has 1 saturated heterocycles. The highest BCUT2D eigenvalue weighted by molar-refractivity contribution is 5.95. The molecule has 6 rings (SSSR count). The summed E-state index contributed by atoms with van der Waals surface area (Å²) in [5.41, 5.74) is 5.42. The third kappa shape index (κ3) is 8.04. The fourth-order valence-corrected chi connectivity index (χ4v) is 6.04. The largest absolute Gasteiger partial charge is 0.446 e. The van der Waals surface area contributed by atoms with Gasteiger partial charge in [0.2, 0.25) is 5.91 Å². The molecule has 0 aliphatic carbocycles. The molecule has 1 aliphatic heterocycles. The van der Waals surface area contributed by atoms with E-state index < -0.39 is 30.0 Å². The zero-order valence-electron chi connectivity index (χ0n) is 26.3. The lowest BCUT2D eigenvalue weighted by Crippen LogP contribution is -2.42. The van der Waals surface area contributed by atoms with Crippen LogP contribution in [0.1, 0.15) is 46.3 Å². The summed E-state index contributed by atoms with van der Waals surface area (Å²) in [6.45, 7) is 0.0545. The first kappa shape index (κ1) is 32.4. The van der Waals surface area contributed by atoms with Gasteiger partial charge in [-0.05, 0) is 83.5 Å². The summed E-state index contributed by atoms with van der Waals surface area (Å²) < 4.78 is 32.9. The molecule has 48 heavy (non-hydrogen) atoms. The Bertz CT molecular complexity index is 1830. The van der Waals surface area contributed by atoms with Crippen molar-refractivity contribution in [2.45, 2.75) is 31.3 Å². The molecule has 5 aromatic rings. The van der Waals surface area contributed by atoms with Crippen molar-refractivity contribution in [2.75, 3.05) is 11.9 Å². The fourth-order valence-electron chi connectivity index (χ4n) is 6.04. The lowest BCUT2D eigenvalue weighted by Gasteiger charge is -2.32. The molecule has 3 atom stereocenters. The summed E-state index contributed by atoms with van der Waals surface area (Å²) in [6.07, 6.45) is 4.99. The van der Waals surface area contributed by atoms with Crippen LogP contribution in [0.4, 0.5) is 19.3 Å². The molecule has 2 amide bonds. The van der Waals surface area contributed by atoms with Crippen molar-refractivity contribution in [1.82, 2.24) is 4.90 Å². The highest BCUT2D eigenvalue weighted by Gasteiger charge is 2.43.